The van der Waals surface area contributed by atoms with Crippen molar-refractivity contribution >= 4 is 11.9 Å². The van der Waals surface area contributed by atoms with E-state index in [2.05, 4.69) is 0 Å². The maximum absolute atomic E-state index is 13.5. The molecule has 0 amide bonds. The molecule has 0 aromatic heterocycles. The molecule has 4 nitrogen and oxygen atoms in total. The predicted octanol–water partition coefficient (Wildman–Crippen LogP) is 3.20. The summed E-state index contributed by atoms with van der Waals surface area (Å²) in [7, 11) is 0. The number of benzene rings is 1. The van der Waals surface area contributed by atoms with Crippen LogP contribution in [0.2, 0.25) is 0 Å². The Hall–Kier alpha value is -1.91. The average Bonchev–Trinajstić information content (AvgIpc) is 2.48. The molecule has 0 N–H and O–H groups in total. The Bertz CT molecular complexity index is 521. The Kier molecular flexibility index (Phi) is 6.53. The first-order valence-corrected chi connectivity index (χ1v) is 7.50. The fourth-order valence-corrected chi connectivity index (χ4v) is 2.34. The minimum Gasteiger partial charge on any atom is -0.465 e. The number of hydrogen-bond donors (Lipinski definition) is 0. The van der Waals surface area contributed by atoms with Crippen molar-refractivity contribution < 1.29 is 23.5 Å². The highest BCUT2D eigenvalue weighted by Crippen LogP contribution is 2.32. The van der Waals surface area contributed by atoms with Crippen LogP contribution in [0.1, 0.15) is 38.3 Å². The molecule has 0 radical (unpaired) electrons. The molecule has 0 spiro atoms. The monoisotopic (exact) mass is 310 g/mol. The van der Waals surface area contributed by atoms with Crippen molar-refractivity contribution in [1.82, 2.24) is 0 Å². The van der Waals surface area contributed by atoms with Crippen molar-refractivity contribution in [2.24, 2.45) is 5.41 Å². The van der Waals surface area contributed by atoms with E-state index in [0.717, 1.165) is 5.56 Å². The molecule has 0 heterocycles. The molecular weight excluding hydrogens is 287 g/mol. The highest BCUT2D eigenvalue weighted by atomic mass is 19.1. The first-order valence-electron chi connectivity index (χ1n) is 7.50. The third-order valence-corrected chi connectivity index (χ3v) is 3.74. The van der Waals surface area contributed by atoms with Gasteiger partial charge >= 0.3 is 11.9 Å². The van der Waals surface area contributed by atoms with Crippen LogP contribution < -0.4 is 0 Å². The van der Waals surface area contributed by atoms with E-state index in [0.29, 0.717) is 5.56 Å². The van der Waals surface area contributed by atoms with E-state index in [1.807, 2.05) is 6.92 Å². The topological polar surface area (TPSA) is 52.6 Å². The van der Waals surface area contributed by atoms with Gasteiger partial charge in [-0.15, -0.1) is 0 Å². The van der Waals surface area contributed by atoms with Gasteiger partial charge in [0.1, 0.15) is 5.82 Å². The van der Waals surface area contributed by atoms with Crippen LogP contribution in [0.3, 0.4) is 0 Å². The van der Waals surface area contributed by atoms with Gasteiger partial charge in [0.05, 0.1) is 13.2 Å². The van der Waals surface area contributed by atoms with E-state index in [1.165, 1.54) is 12.1 Å². The number of ether oxygens (including phenoxy) is 2. The highest BCUT2D eigenvalue weighted by Gasteiger charge is 2.47. The van der Waals surface area contributed by atoms with Crippen molar-refractivity contribution in [2.75, 3.05) is 13.2 Å². The Morgan fingerprint density at radius 1 is 1.09 bits per heavy atom. The summed E-state index contributed by atoms with van der Waals surface area (Å²) in [6.45, 7) is 7.23. The van der Waals surface area contributed by atoms with Gasteiger partial charge in [-0.2, -0.15) is 0 Å². The second kappa shape index (κ2) is 7.92. The molecule has 0 saturated heterocycles. The molecule has 122 valence electrons. The summed E-state index contributed by atoms with van der Waals surface area (Å²) < 4.78 is 23.6. The van der Waals surface area contributed by atoms with Gasteiger partial charge in [0.2, 0.25) is 0 Å². The number of carbonyl (C=O) groups is 2. The molecule has 0 aliphatic heterocycles. The number of aryl methyl sites for hydroxylation is 1. The van der Waals surface area contributed by atoms with Gasteiger partial charge < -0.3 is 9.47 Å². The van der Waals surface area contributed by atoms with Gasteiger partial charge in [-0.25, -0.2) is 4.39 Å². The van der Waals surface area contributed by atoms with E-state index in [-0.39, 0.29) is 26.1 Å². The van der Waals surface area contributed by atoms with Gasteiger partial charge in [-0.05, 0) is 56.9 Å². The third-order valence-electron chi connectivity index (χ3n) is 3.74. The van der Waals surface area contributed by atoms with Crippen molar-refractivity contribution in [3.8, 4) is 0 Å². The first-order chi connectivity index (χ1) is 10.4. The zero-order chi connectivity index (χ0) is 16.8. The zero-order valence-electron chi connectivity index (χ0n) is 13.6. The van der Waals surface area contributed by atoms with Crippen molar-refractivity contribution in [1.29, 1.82) is 0 Å². The average molecular weight is 310 g/mol. The Morgan fingerprint density at radius 3 is 2.09 bits per heavy atom. The molecule has 0 bridgehead atoms. The number of halogens is 1. The van der Waals surface area contributed by atoms with E-state index >= 15 is 0 Å². The fourth-order valence-electron chi connectivity index (χ4n) is 2.34. The van der Waals surface area contributed by atoms with Gasteiger partial charge in [0, 0.05) is 0 Å². The second-order valence-corrected chi connectivity index (χ2v) is 5.12. The summed E-state index contributed by atoms with van der Waals surface area (Å²) in [6, 6.07) is 4.32. The molecule has 22 heavy (non-hydrogen) atoms. The van der Waals surface area contributed by atoms with Gasteiger partial charge in [-0.1, -0.05) is 13.0 Å². The second-order valence-electron chi connectivity index (χ2n) is 5.12. The van der Waals surface area contributed by atoms with Gasteiger partial charge in [0.25, 0.3) is 0 Å². The van der Waals surface area contributed by atoms with Crippen LogP contribution in [0.15, 0.2) is 18.2 Å². The van der Waals surface area contributed by atoms with Crippen LogP contribution in [0, 0.1) is 18.2 Å². The van der Waals surface area contributed by atoms with Crippen LogP contribution in [0.25, 0.3) is 0 Å². The number of rotatable bonds is 7. The molecule has 5 heteroatoms. The Morgan fingerprint density at radius 2 is 1.64 bits per heavy atom. The SMILES string of the molecule is CCOC(=O)C(CC)(Cc1cc(F)ccc1C)C(=O)OCC. The van der Waals surface area contributed by atoms with Crippen LogP contribution in [-0.4, -0.2) is 25.2 Å². The summed E-state index contributed by atoms with van der Waals surface area (Å²) >= 11 is 0. The Labute approximate surface area is 130 Å². The smallest absolute Gasteiger partial charge is 0.323 e. The number of esters is 2. The number of hydrogen-bond acceptors (Lipinski definition) is 4. The molecule has 0 unspecified atom stereocenters. The van der Waals surface area contributed by atoms with Crippen molar-refractivity contribution in [2.45, 2.75) is 40.5 Å². The maximum Gasteiger partial charge on any atom is 0.323 e. The van der Waals surface area contributed by atoms with Crippen LogP contribution in [0.5, 0.6) is 0 Å². The van der Waals surface area contributed by atoms with E-state index in [4.69, 9.17) is 9.47 Å². The molecule has 0 aliphatic carbocycles. The van der Waals surface area contributed by atoms with E-state index < -0.39 is 23.2 Å². The lowest BCUT2D eigenvalue weighted by Crippen LogP contribution is -2.43. The summed E-state index contributed by atoms with van der Waals surface area (Å²) in [5.41, 5.74) is -0.0271. The molecule has 1 aromatic rings. The fraction of sp³-hybridized carbons (Fsp3) is 0.529. The quantitative estimate of drug-likeness (QED) is 0.573. The third kappa shape index (κ3) is 3.84. The van der Waals surface area contributed by atoms with Crippen LogP contribution in [-0.2, 0) is 25.5 Å². The molecule has 0 saturated carbocycles. The van der Waals surface area contributed by atoms with E-state index in [1.54, 1.807) is 26.8 Å². The minimum atomic E-state index is -1.44. The zero-order valence-corrected chi connectivity index (χ0v) is 13.6. The molecule has 1 rings (SSSR count). The Balaban J connectivity index is 3.26. The predicted molar refractivity (Wildman–Crippen MR) is 80.8 cm³/mol. The van der Waals surface area contributed by atoms with Gasteiger partial charge in [-0.3, -0.25) is 9.59 Å². The van der Waals surface area contributed by atoms with Crippen molar-refractivity contribution in [3.63, 3.8) is 0 Å². The van der Waals surface area contributed by atoms with Crippen LogP contribution in [0.4, 0.5) is 4.39 Å². The molecule has 0 fully saturated rings. The summed E-state index contributed by atoms with van der Waals surface area (Å²) in [5.74, 6) is -1.66. The largest absolute Gasteiger partial charge is 0.465 e. The molecular formula is C17H23FO4. The summed E-state index contributed by atoms with van der Waals surface area (Å²) in [5, 5.41) is 0. The first kappa shape index (κ1) is 18.1. The highest BCUT2D eigenvalue weighted by molar-refractivity contribution is 6.00. The standard InChI is InChI=1S/C17H23FO4/c1-5-17(15(19)21-6-2,16(20)22-7-3)11-13-10-14(18)9-8-12(13)4/h8-10H,5-7,11H2,1-4H3. The lowest BCUT2D eigenvalue weighted by Gasteiger charge is -2.28. The molecule has 0 aliphatic rings. The maximum atomic E-state index is 13.5. The lowest BCUT2D eigenvalue weighted by molar-refractivity contribution is -0.172. The normalized spacial score (nSPS) is 11.1. The van der Waals surface area contributed by atoms with Crippen molar-refractivity contribution in [3.05, 3.63) is 35.1 Å². The lowest BCUT2D eigenvalue weighted by atomic mass is 9.78. The molecule has 0 atom stereocenters. The number of carbonyl (C=O) groups excluding carboxylic acids is 2. The summed E-state index contributed by atoms with van der Waals surface area (Å²) in [4.78, 5) is 24.8. The minimum absolute atomic E-state index is 0.0603. The molecule has 1 aromatic carbocycles. The summed E-state index contributed by atoms with van der Waals surface area (Å²) in [6.07, 6.45) is 0.283. The van der Waals surface area contributed by atoms with Gasteiger partial charge in [0.15, 0.2) is 5.41 Å². The van der Waals surface area contributed by atoms with E-state index in [9.17, 15) is 14.0 Å². The van der Waals surface area contributed by atoms with Crippen LogP contribution >= 0.6 is 0 Å².